The zero-order valence-electron chi connectivity index (χ0n) is 16.0. The van der Waals surface area contributed by atoms with Gasteiger partial charge in [0.25, 0.3) is 0 Å². The van der Waals surface area contributed by atoms with Crippen molar-refractivity contribution in [2.75, 3.05) is 13.7 Å². The van der Waals surface area contributed by atoms with Crippen LogP contribution < -0.4 is 19.3 Å². The minimum Gasteiger partial charge on any atom is -0.546 e. The number of hydrogen-bond acceptors (Lipinski definition) is 6. The Labute approximate surface area is 166 Å². The number of halogens is 2. The van der Waals surface area contributed by atoms with Crippen molar-refractivity contribution in [3.63, 3.8) is 0 Å². The molecule has 0 heterocycles. The largest absolute Gasteiger partial charge is 0.546 e. The Morgan fingerprint density at radius 1 is 1.10 bits per heavy atom. The van der Waals surface area contributed by atoms with Crippen LogP contribution >= 0.6 is 0 Å². The van der Waals surface area contributed by atoms with Gasteiger partial charge in [-0.1, -0.05) is 6.08 Å². The van der Waals surface area contributed by atoms with E-state index in [1.165, 1.54) is 31.4 Å². The van der Waals surface area contributed by atoms with Crippen LogP contribution in [0, 0.1) is 13.8 Å². The van der Waals surface area contributed by atoms with Gasteiger partial charge in [0.2, 0.25) is 0 Å². The normalized spacial score (nSPS) is 11.0. The molecule has 0 fully saturated rings. The Balaban J connectivity index is 2.19. The number of rotatable bonds is 9. The summed E-state index contributed by atoms with van der Waals surface area (Å²) in [6, 6.07) is 7.58. The number of aliphatic carboxylic acids is 1. The van der Waals surface area contributed by atoms with Crippen LogP contribution in [-0.2, 0) is 4.79 Å². The minimum absolute atomic E-state index is 0.111. The molecular weight excluding hydrogens is 386 g/mol. The number of carbonyl (C=O) groups is 2. The van der Waals surface area contributed by atoms with Gasteiger partial charge < -0.3 is 24.1 Å². The van der Waals surface area contributed by atoms with Gasteiger partial charge in [-0.2, -0.15) is 8.78 Å². The highest BCUT2D eigenvalue weighted by Gasteiger charge is 2.12. The first kappa shape index (κ1) is 21.9. The molecule has 0 unspecified atom stereocenters. The van der Waals surface area contributed by atoms with Crippen LogP contribution in [0.5, 0.6) is 17.2 Å². The van der Waals surface area contributed by atoms with Gasteiger partial charge in [-0.15, -0.1) is 0 Å². The van der Waals surface area contributed by atoms with Gasteiger partial charge in [-0.3, -0.25) is 4.79 Å². The van der Waals surface area contributed by atoms with Gasteiger partial charge in [-0.25, -0.2) is 0 Å². The van der Waals surface area contributed by atoms with Crippen molar-refractivity contribution in [3.05, 3.63) is 58.7 Å². The second-order valence-electron chi connectivity index (χ2n) is 6.09. The summed E-state index contributed by atoms with van der Waals surface area (Å²) in [5, 5.41) is 10.5. The molecule has 0 saturated carbocycles. The Morgan fingerprint density at radius 2 is 1.76 bits per heavy atom. The van der Waals surface area contributed by atoms with E-state index in [4.69, 9.17) is 9.47 Å². The summed E-state index contributed by atoms with van der Waals surface area (Å²) in [6.45, 7) is -0.280. The number of hydrogen-bond donors (Lipinski definition) is 0. The van der Waals surface area contributed by atoms with Crippen LogP contribution in [0.2, 0.25) is 0 Å². The Kier molecular flexibility index (Phi) is 7.30. The van der Waals surface area contributed by atoms with Crippen molar-refractivity contribution in [1.82, 2.24) is 0 Å². The molecule has 154 valence electrons. The molecule has 2 aromatic carbocycles. The average Bonchev–Trinajstić information content (AvgIpc) is 2.66. The number of ether oxygens (including phenoxy) is 3. The second kappa shape index (κ2) is 9.68. The monoisotopic (exact) mass is 405 g/mol. The van der Waals surface area contributed by atoms with Crippen LogP contribution in [0.25, 0.3) is 6.08 Å². The molecule has 29 heavy (non-hydrogen) atoms. The summed E-state index contributed by atoms with van der Waals surface area (Å²) in [7, 11) is 1.36. The van der Waals surface area contributed by atoms with Crippen LogP contribution in [0.1, 0.15) is 27.0 Å². The molecule has 2 aromatic rings. The highest BCUT2D eigenvalue weighted by Crippen LogP contribution is 2.29. The highest BCUT2D eigenvalue weighted by atomic mass is 19.3. The van der Waals surface area contributed by atoms with Gasteiger partial charge in [0.1, 0.15) is 12.4 Å². The fourth-order valence-electron chi connectivity index (χ4n) is 2.70. The smallest absolute Gasteiger partial charge is 0.387 e. The third kappa shape index (κ3) is 6.03. The van der Waals surface area contributed by atoms with E-state index in [-0.39, 0.29) is 23.0 Å². The number of benzene rings is 2. The summed E-state index contributed by atoms with van der Waals surface area (Å²) >= 11 is 0. The number of ketones is 1. The average molecular weight is 405 g/mol. The maximum atomic E-state index is 12.5. The van der Waals surface area contributed by atoms with Crippen molar-refractivity contribution in [2.45, 2.75) is 20.5 Å². The van der Waals surface area contributed by atoms with Crippen LogP contribution in [0.3, 0.4) is 0 Å². The van der Waals surface area contributed by atoms with Crippen molar-refractivity contribution in [1.29, 1.82) is 0 Å². The molecular formula is C21H19F2O6-. The Hall–Kier alpha value is -3.42. The van der Waals surface area contributed by atoms with E-state index in [0.717, 1.165) is 0 Å². The van der Waals surface area contributed by atoms with Crippen molar-refractivity contribution >= 4 is 17.8 Å². The molecule has 0 aromatic heterocycles. The molecule has 0 radical (unpaired) electrons. The minimum atomic E-state index is -2.91. The van der Waals surface area contributed by atoms with Crippen LogP contribution in [0.15, 0.2) is 36.4 Å². The Morgan fingerprint density at radius 3 is 2.31 bits per heavy atom. The number of carboxylic acids is 1. The SMILES string of the molecule is COc1cc(C(=O)/C=C/c2cc(C)c(OC(F)F)c(C)c2)ccc1OCC(=O)[O-]. The maximum Gasteiger partial charge on any atom is 0.387 e. The fourth-order valence-corrected chi connectivity index (χ4v) is 2.70. The topological polar surface area (TPSA) is 84.9 Å². The van der Waals surface area contributed by atoms with E-state index in [2.05, 4.69) is 4.74 Å². The molecule has 0 aliphatic heterocycles. The molecule has 0 saturated heterocycles. The molecule has 0 amide bonds. The number of carbonyl (C=O) groups excluding carboxylic acids is 2. The summed E-state index contributed by atoms with van der Waals surface area (Å²) in [4.78, 5) is 22.9. The van der Waals surface area contributed by atoms with Crippen LogP contribution in [0.4, 0.5) is 8.78 Å². The summed E-state index contributed by atoms with van der Waals surface area (Å²) < 4.78 is 39.6. The lowest BCUT2D eigenvalue weighted by atomic mass is 10.0. The zero-order chi connectivity index (χ0) is 21.6. The lowest BCUT2D eigenvalue weighted by Crippen LogP contribution is -2.29. The maximum absolute atomic E-state index is 12.5. The molecule has 0 N–H and O–H groups in total. The first-order valence-corrected chi connectivity index (χ1v) is 8.50. The predicted molar refractivity (Wildman–Crippen MR) is 99.4 cm³/mol. The molecule has 0 aliphatic rings. The molecule has 0 spiro atoms. The highest BCUT2D eigenvalue weighted by molar-refractivity contribution is 6.07. The van der Waals surface area contributed by atoms with Gasteiger partial charge in [0.15, 0.2) is 17.3 Å². The molecule has 2 rings (SSSR count). The van der Waals surface area contributed by atoms with E-state index in [0.29, 0.717) is 22.3 Å². The van der Waals surface area contributed by atoms with Crippen molar-refractivity contribution in [2.24, 2.45) is 0 Å². The first-order valence-electron chi connectivity index (χ1n) is 8.50. The quantitative estimate of drug-likeness (QED) is 0.471. The standard InChI is InChI=1S/C21H20F2O6/c1-12-8-14(9-13(2)20(12)29-21(22)23)4-6-16(24)15-5-7-17(18(10-15)27-3)28-11-19(25)26/h4-10,21H,11H2,1-3H3,(H,25,26)/p-1/b6-4+. The summed E-state index contributed by atoms with van der Waals surface area (Å²) in [6.07, 6.45) is 2.89. The molecule has 0 bridgehead atoms. The zero-order valence-corrected chi connectivity index (χ0v) is 16.0. The first-order chi connectivity index (χ1) is 13.7. The van der Waals surface area contributed by atoms with Gasteiger partial charge >= 0.3 is 6.61 Å². The van der Waals surface area contributed by atoms with Gasteiger partial charge in [-0.05, 0) is 66.9 Å². The van der Waals surface area contributed by atoms with E-state index in [1.807, 2.05) is 0 Å². The van der Waals surface area contributed by atoms with Gasteiger partial charge in [0.05, 0.1) is 13.1 Å². The molecule has 8 heteroatoms. The number of methoxy groups -OCH3 is 1. The third-order valence-corrected chi connectivity index (χ3v) is 3.91. The van der Waals surface area contributed by atoms with Crippen LogP contribution in [-0.4, -0.2) is 32.1 Å². The van der Waals surface area contributed by atoms with E-state index < -0.39 is 19.2 Å². The van der Waals surface area contributed by atoms with E-state index in [9.17, 15) is 23.5 Å². The molecule has 6 nitrogen and oxygen atoms in total. The predicted octanol–water partition coefficient (Wildman–Crippen LogP) is 2.94. The fraction of sp³-hybridized carbons (Fsp3) is 0.238. The molecule has 0 atom stereocenters. The van der Waals surface area contributed by atoms with Crippen molar-refractivity contribution < 1.29 is 37.7 Å². The third-order valence-electron chi connectivity index (χ3n) is 3.91. The second-order valence-corrected chi connectivity index (χ2v) is 6.09. The lowest BCUT2D eigenvalue weighted by Gasteiger charge is -2.12. The van der Waals surface area contributed by atoms with Crippen molar-refractivity contribution in [3.8, 4) is 17.2 Å². The number of allylic oxidation sites excluding steroid dienone is 1. The Bertz CT molecular complexity index is 914. The number of carboxylic acid groups (broad SMARTS) is 1. The number of alkyl halides is 2. The van der Waals surface area contributed by atoms with E-state index >= 15 is 0 Å². The van der Waals surface area contributed by atoms with E-state index in [1.54, 1.807) is 32.1 Å². The lowest BCUT2D eigenvalue weighted by molar-refractivity contribution is -0.307. The van der Waals surface area contributed by atoms with Gasteiger partial charge in [0, 0.05) is 5.56 Å². The summed E-state index contributed by atoms with van der Waals surface area (Å²) in [5.41, 5.74) is 1.99. The number of aryl methyl sites for hydroxylation is 2. The summed E-state index contributed by atoms with van der Waals surface area (Å²) in [5.74, 6) is -1.24. The molecule has 0 aliphatic carbocycles.